The van der Waals surface area contributed by atoms with Gasteiger partial charge in [0.1, 0.15) is 16.9 Å². The highest BCUT2D eigenvalue weighted by molar-refractivity contribution is 7.11. The first-order chi connectivity index (χ1) is 12.0. The van der Waals surface area contributed by atoms with Crippen LogP contribution in [0.5, 0.6) is 5.75 Å². The predicted octanol–water partition coefficient (Wildman–Crippen LogP) is 3.59. The van der Waals surface area contributed by atoms with Gasteiger partial charge >= 0.3 is 0 Å². The second-order valence-electron chi connectivity index (χ2n) is 6.07. The second kappa shape index (κ2) is 9.42. The fourth-order valence-electron chi connectivity index (χ4n) is 2.30. The molecular weight excluding hydrogens is 332 g/mol. The van der Waals surface area contributed by atoms with Crippen molar-refractivity contribution in [3.05, 3.63) is 45.4 Å². The number of guanidine groups is 1. The third kappa shape index (κ3) is 6.38. The van der Waals surface area contributed by atoms with Crippen LogP contribution in [0.15, 0.2) is 29.3 Å². The molecular formula is C19H28N4OS. The van der Waals surface area contributed by atoms with Gasteiger partial charge in [-0.15, -0.1) is 11.3 Å². The summed E-state index contributed by atoms with van der Waals surface area (Å²) >= 11 is 1.70. The molecule has 136 valence electrons. The molecule has 0 radical (unpaired) electrons. The van der Waals surface area contributed by atoms with Crippen LogP contribution in [0, 0.1) is 20.8 Å². The van der Waals surface area contributed by atoms with E-state index in [9.17, 15) is 0 Å². The molecule has 1 atom stereocenters. The van der Waals surface area contributed by atoms with Crippen molar-refractivity contribution in [2.75, 3.05) is 13.1 Å². The highest BCUT2D eigenvalue weighted by atomic mass is 32.1. The topological polar surface area (TPSA) is 58.5 Å². The maximum Gasteiger partial charge on any atom is 0.191 e. The van der Waals surface area contributed by atoms with E-state index in [2.05, 4.69) is 47.4 Å². The summed E-state index contributed by atoms with van der Waals surface area (Å²) in [5.41, 5.74) is 2.29. The number of nitrogens with one attached hydrogen (secondary N) is 2. The molecule has 2 rings (SSSR count). The number of benzene rings is 1. The standard InChI is InChI=1S/C19H28N4OS/c1-6-20-19(22-12-18-23-15(4)16(5)25-18)21-11-14(3)24-17-9-7-8-13(2)10-17/h7-10,14H,6,11-12H2,1-5H3,(H2,20,21,22). The molecule has 1 unspecified atom stereocenters. The lowest BCUT2D eigenvalue weighted by molar-refractivity contribution is 0.223. The predicted molar refractivity (Wildman–Crippen MR) is 106 cm³/mol. The maximum atomic E-state index is 5.95. The van der Waals surface area contributed by atoms with Crippen molar-refractivity contribution in [2.24, 2.45) is 4.99 Å². The van der Waals surface area contributed by atoms with Crippen molar-refractivity contribution in [2.45, 2.75) is 47.3 Å². The summed E-state index contributed by atoms with van der Waals surface area (Å²) in [6.45, 7) is 12.4. The molecule has 0 spiro atoms. The summed E-state index contributed by atoms with van der Waals surface area (Å²) in [4.78, 5) is 10.4. The van der Waals surface area contributed by atoms with E-state index in [-0.39, 0.29) is 6.10 Å². The minimum Gasteiger partial charge on any atom is -0.489 e. The molecule has 0 aliphatic carbocycles. The van der Waals surface area contributed by atoms with Crippen molar-refractivity contribution < 1.29 is 4.74 Å². The van der Waals surface area contributed by atoms with Crippen LogP contribution < -0.4 is 15.4 Å². The van der Waals surface area contributed by atoms with Gasteiger partial charge in [0.25, 0.3) is 0 Å². The summed E-state index contributed by atoms with van der Waals surface area (Å²) in [6.07, 6.45) is 0.0370. The SMILES string of the molecule is CCNC(=NCc1nc(C)c(C)s1)NCC(C)Oc1cccc(C)c1. The van der Waals surface area contributed by atoms with E-state index in [1.54, 1.807) is 11.3 Å². The van der Waals surface area contributed by atoms with Crippen molar-refractivity contribution in [1.29, 1.82) is 0 Å². The lowest BCUT2D eigenvalue weighted by Crippen LogP contribution is -2.41. The Hall–Kier alpha value is -2.08. The van der Waals surface area contributed by atoms with Gasteiger partial charge in [0.15, 0.2) is 5.96 Å². The van der Waals surface area contributed by atoms with Crippen LogP contribution in [0.2, 0.25) is 0 Å². The van der Waals surface area contributed by atoms with Crippen LogP contribution in [0.25, 0.3) is 0 Å². The zero-order valence-corrected chi connectivity index (χ0v) is 16.5. The number of thiazole rings is 1. The Labute approximate surface area is 154 Å². The summed E-state index contributed by atoms with van der Waals surface area (Å²) in [5.74, 6) is 1.68. The molecule has 6 heteroatoms. The second-order valence-corrected chi connectivity index (χ2v) is 7.36. The summed E-state index contributed by atoms with van der Waals surface area (Å²) in [7, 11) is 0. The van der Waals surface area contributed by atoms with Gasteiger partial charge in [0.2, 0.25) is 0 Å². The molecule has 1 aromatic carbocycles. The van der Waals surface area contributed by atoms with E-state index in [4.69, 9.17) is 4.74 Å². The first-order valence-corrected chi connectivity index (χ1v) is 9.48. The van der Waals surface area contributed by atoms with E-state index in [0.717, 1.165) is 29.0 Å². The number of aryl methyl sites for hydroxylation is 3. The molecule has 2 N–H and O–H groups in total. The van der Waals surface area contributed by atoms with Crippen molar-refractivity contribution in [1.82, 2.24) is 15.6 Å². The van der Waals surface area contributed by atoms with Crippen LogP contribution in [0.3, 0.4) is 0 Å². The Morgan fingerprint density at radius 3 is 2.72 bits per heavy atom. The molecule has 2 aromatic rings. The number of hydrogen-bond acceptors (Lipinski definition) is 4. The van der Waals surface area contributed by atoms with E-state index in [1.807, 2.05) is 32.0 Å². The molecule has 25 heavy (non-hydrogen) atoms. The molecule has 0 fully saturated rings. The molecule has 0 aliphatic heterocycles. The highest BCUT2D eigenvalue weighted by Crippen LogP contribution is 2.17. The van der Waals surface area contributed by atoms with Crippen LogP contribution >= 0.6 is 11.3 Å². The first kappa shape index (κ1) is 19.2. The summed E-state index contributed by atoms with van der Waals surface area (Å²) < 4.78 is 5.95. The van der Waals surface area contributed by atoms with Gasteiger partial charge in [-0.2, -0.15) is 0 Å². The molecule has 1 aromatic heterocycles. The quantitative estimate of drug-likeness (QED) is 0.585. The Morgan fingerprint density at radius 2 is 2.08 bits per heavy atom. The molecule has 0 saturated carbocycles. The monoisotopic (exact) mass is 360 g/mol. The van der Waals surface area contributed by atoms with Gasteiger partial charge in [-0.05, 0) is 52.3 Å². The number of rotatable bonds is 7. The first-order valence-electron chi connectivity index (χ1n) is 8.66. The summed E-state index contributed by atoms with van der Waals surface area (Å²) in [5, 5.41) is 7.64. The Morgan fingerprint density at radius 1 is 1.28 bits per heavy atom. The number of nitrogens with zero attached hydrogens (tertiary/aromatic N) is 2. The van der Waals surface area contributed by atoms with Crippen LogP contribution in [0.4, 0.5) is 0 Å². The normalized spacial score (nSPS) is 12.8. The molecule has 0 bridgehead atoms. The zero-order valence-electron chi connectivity index (χ0n) is 15.7. The van der Waals surface area contributed by atoms with Crippen LogP contribution in [-0.2, 0) is 6.54 Å². The molecule has 0 aliphatic rings. The third-order valence-electron chi connectivity index (χ3n) is 3.67. The number of ether oxygens (including phenoxy) is 1. The maximum absolute atomic E-state index is 5.95. The minimum atomic E-state index is 0.0370. The van der Waals surface area contributed by atoms with Gasteiger partial charge in [0.05, 0.1) is 18.8 Å². The minimum absolute atomic E-state index is 0.0370. The fraction of sp³-hybridized carbons (Fsp3) is 0.474. The van der Waals surface area contributed by atoms with Gasteiger partial charge in [0, 0.05) is 11.4 Å². The highest BCUT2D eigenvalue weighted by Gasteiger charge is 2.07. The van der Waals surface area contributed by atoms with E-state index < -0.39 is 0 Å². The van der Waals surface area contributed by atoms with E-state index in [0.29, 0.717) is 13.1 Å². The number of aliphatic imine (C=N–C) groups is 1. The average molecular weight is 361 g/mol. The van der Waals surface area contributed by atoms with E-state index in [1.165, 1.54) is 10.4 Å². The molecule has 0 amide bonds. The molecule has 0 saturated heterocycles. The van der Waals surface area contributed by atoms with Crippen molar-refractivity contribution >= 4 is 17.3 Å². The fourth-order valence-corrected chi connectivity index (χ4v) is 3.16. The Balaban J connectivity index is 1.88. The number of aromatic nitrogens is 1. The molecule has 5 nitrogen and oxygen atoms in total. The van der Waals surface area contributed by atoms with E-state index >= 15 is 0 Å². The lowest BCUT2D eigenvalue weighted by Gasteiger charge is -2.17. The smallest absolute Gasteiger partial charge is 0.191 e. The number of hydrogen-bond donors (Lipinski definition) is 2. The van der Waals surface area contributed by atoms with Crippen LogP contribution in [0.1, 0.15) is 35.0 Å². The Kier molecular flexibility index (Phi) is 7.25. The lowest BCUT2D eigenvalue weighted by atomic mass is 10.2. The third-order valence-corrected chi connectivity index (χ3v) is 4.73. The van der Waals surface area contributed by atoms with Crippen molar-refractivity contribution in [3.8, 4) is 5.75 Å². The average Bonchev–Trinajstić information content (AvgIpc) is 2.88. The van der Waals surface area contributed by atoms with Gasteiger partial charge in [-0.25, -0.2) is 9.98 Å². The molecule has 1 heterocycles. The van der Waals surface area contributed by atoms with Gasteiger partial charge in [-0.3, -0.25) is 0 Å². The van der Waals surface area contributed by atoms with Gasteiger partial charge in [-0.1, -0.05) is 12.1 Å². The van der Waals surface area contributed by atoms with Gasteiger partial charge < -0.3 is 15.4 Å². The van der Waals surface area contributed by atoms with Crippen LogP contribution in [-0.4, -0.2) is 30.1 Å². The van der Waals surface area contributed by atoms with Crippen molar-refractivity contribution in [3.63, 3.8) is 0 Å². The Bertz CT molecular complexity index is 692. The summed E-state index contributed by atoms with van der Waals surface area (Å²) in [6, 6.07) is 8.10. The largest absolute Gasteiger partial charge is 0.489 e. The zero-order chi connectivity index (χ0) is 18.2.